The first-order valence-electron chi connectivity index (χ1n) is 9.55. The van der Waals surface area contributed by atoms with Gasteiger partial charge in [0.05, 0.1) is 18.2 Å². The molecule has 1 aliphatic heterocycles. The number of unbranched alkanes of at least 4 members (excludes halogenated alkanes) is 6. The molecule has 1 saturated carbocycles. The fraction of sp³-hybridized carbons (Fsp3) is 1.00. The zero-order valence-corrected chi connectivity index (χ0v) is 14.7. The van der Waals surface area contributed by atoms with Gasteiger partial charge in [0.1, 0.15) is 18.3 Å². The summed E-state index contributed by atoms with van der Waals surface area (Å²) >= 11 is 0. The van der Waals surface area contributed by atoms with Crippen LogP contribution in [0.1, 0.15) is 65.2 Å². The van der Waals surface area contributed by atoms with Gasteiger partial charge >= 0.3 is 0 Å². The zero-order valence-electron chi connectivity index (χ0n) is 14.7. The Morgan fingerprint density at radius 1 is 0.739 bits per heavy atom. The molecule has 0 aromatic rings. The van der Waals surface area contributed by atoms with Gasteiger partial charge in [0.25, 0.3) is 0 Å². The van der Waals surface area contributed by atoms with Gasteiger partial charge in [-0.2, -0.15) is 0 Å². The summed E-state index contributed by atoms with van der Waals surface area (Å²) in [6.07, 6.45) is 5.93. The fourth-order valence-corrected chi connectivity index (χ4v) is 3.86. The summed E-state index contributed by atoms with van der Waals surface area (Å²) < 4.78 is 5.91. The lowest BCUT2D eigenvalue weighted by atomic mass is 9.89. The lowest BCUT2D eigenvalue weighted by molar-refractivity contribution is -0.140. The molecule has 7 atom stereocenters. The first-order chi connectivity index (χ1) is 11.1. The molecule has 5 heteroatoms. The SMILES string of the molecule is CCCCCCO[C@H]1C2C([C@H](O)[C@@H](O)[C@@H]1O)N2CCCCCC. The standard InChI is InChI=1S/C18H35NO4/c1-3-5-7-9-11-19-13-14(19)18(17(22)16(21)15(13)20)23-12-10-8-6-4-2/h13-18,20-22H,3-12H2,1-2H3/t13?,14?,15-,16+,17-,18-,19?/m0/s1. The Kier molecular flexibility index (Phi) is 7.76. The number of hydrogen-bond acceptors (Lipinski definition) is 5. The van der Waals surface area contributed by atoms with Crippen LogP contribution in [0.3, 0.4) is 0 Å². The van der Waals surface area contributed by atoms with Crippen LogP contribution in [0.25, 0.3) is 0 Å². The minimum Gasteiger partial charge on any atom is -0.389 e. The Labute approximate surface area is 140 Å². The summed E-state index contributed by atoms with van der Waals surface area (Å²) in [5, 5.41) is 30.5. The molecule has 0 aromatic carbocycles. The number of aliphatic hydroxyl groups excluding tert-OH is 3. The Morgan fingerprint density at radius 2 is 1.39 bits per heavy atom. The summed E-state index contributed by atoms with van der Waals surface area (Å²) in [6, 6.07) is 0.0203. The summed E-state index contributed by atoms with van der Waals surface area (Å²) in [5.41, 5.74) is 0. The minimum atomic E-state index is -1.10. The second-order valence-electron chi connectivity index (χ2n) is 7.15. The number of fused-ring (bicyclic) bond motifs is 1. The molecule has 0 aromatic heterocycles. The van der Waals surface area contributed by atoms with Gasteiger partial charge in [-0.25, -0.2) is 0 Å². The molecule has 1 aliphatic carbocycles. The second kappa shape index (κ2) is 9.33. The van der Waals surface area contributed by atoms with E-state index in [0.717, 1.165) is 25.8 Å². The molecule has 2 fully saturated rings. The van der Waals surface area contributed by atoms with Crippen molar-refractivity contribution in [3.63, 3.8) is 0 Å². The molecule has 0 radical (unpaired) electrons. The molecular formula is C18H35NO4. The van der Waals surface area contributed by atoms with Gasteiger partial charge in [-0.1, -0.05) is 52.4 Å². The molecule has 2 rings (SSSR count). The van der Waals surface area contributed by atoms with Crippen LogP contribution in [-0.4, -0.2) is 69.9 Å². The second-order valence-corrected chi connectivity index (χ2v) is 7.15. The molecule has 5 nitrogen and oxygen atoms in total. The zero-order chi connectivity index (χ0) is 16.8. The monoisotopic (exact) mass is 329 g/mol. The number of rotatable bonds is 11. The molecule has 23 heavy (non-hydrogen) atoms. The number of hydrogen-bond donors (Lipinski definition) is 3. The van der Waals surface area contributed by atoms with Crippen molar-refractivity contribution in [3.05, 3.63) is 0 Å². The van der Waals surface area contributed by atoms with Gasteiger partial charge in [0.15, 0.2) is 0 Å². The van der Waals surface area contributed by atoms with Gasteiger partial charge in [-0.05, 0) is 19.4 Å². The lowest BCUT2D eigenvalue weighted by Gasteiger charge is -2.33. The number of ether oxygens (including phenoxy) is 1. The van der Waals surface area contributed by atoms with Gasteiger partial charge in [0, 0.05) is 6.61 Å². The third-order valence-electron chi connectivity index (χ3n) is 5.33. The van der Waals surface area contributed by atoms with Crippen molar-refractivity contribution in [1.29, 1.82) is 0 Å². The highest BCUT2D eigenvalue weighted by molar-refractivity contribution is 5.18. The van der Waals surface area contributed by atoms with E-state index in [9.17, 15) is 15.3 Å². The van der Waals surface area contributed by atoms with Crippen LogP contribution >= 0.6 is 0 Å². The van der Waals surface area contributed by atoms with Crippen molar-refractivity contribution in [3.8, 4) is 0 Å². The van der Waals surface area contributed by atoms with Crippen LogP contribution in [0, 0.1) is 0 Å². The first kappa shape index (κ1) is 19.1. The molecule has 0 spiro atoms. The highest BCUT2D eigenvalue weighted by atomic mass is 16.5. The Hall–Kier alpha value is -0.200. The molecule has 0 amide bonds. The molecule has 3 N–H and O–H groups in total. The van der Waals surface area contributed by atoms with Crippen molar-refractivity contribution in [2.24, 2.45) is 0 Å². The normalized spacial score (nSPS) is 39.3. The smallest absolute Gasteiger partial charge is 0.110 e. The third kappa shape index (κ3) is 4.67. The van der Waals surface area contributed by atoms with Gasteiger partial charge in [-0.15, -0.1) is 0 Å². The summed E-state index contributed by atoms with van der Waals surface area (Å²) in [5.74, 6) is 0. The molecule has 136 valence electrons. The Morgan fingerprint density at radius 3 is 2.04 bits per heavy atom. The summed E-state index contributed by atoms with van der Waals surface area (Å²) in [6.45, 7) is 5.91. The van der Waals surface area contributed by atoms with Crippen molar-refractivity contribution >= 4 is 0 Å². The summed E-state index contributed by atoms with van der Waals surface area (Å²) in [4.78, 5) is 2.20. The van der Waals surface area contributed by atoms with Crippen LogP contribution in [0.4, 0.5) is 0 Å². The molecule has 1 saturated heterocycles. The van der Waals surface area contributed by atoms with Crippen molar-refractivity contribution in [2.45, 2.75) is 102 Å². The predicted octanol–water partition coefficient (Wildman–Crippen LogP) is 1.68. The maximum atomic E-state index is 10.3. The van der Waals surface area contributed by atoms with Crippen LogP contribution < -0.4 is 0 Å². The van der Waals surface area contributed by atoms with E-state index in [1.165, 1.54) is 32.1 Å². The van der Waals surface area contributed by atoms with Crippen molar-refractivity contribution < 1.29 is 20.1 Å². The lowest BCUT2D eigenvalue weighted by Crippen LogP contribution is -2.54. The largest absolute Gasteiger partial charge is 0.389 e. The van der Waals surface area contributed by atoms with Crippen LogP contribution in [0.15, 0.2) is 0 Å². The van der Waals surface area contributed by atoms with Gasteiger partial charge < -0.3 is 20.1 Å². The van der Waals surface area contributed by atoms with Crippen molar-refractivity contribution in [2.75, 3.05) is 13.2 Å². The van der Waals surface area contributed by atoms with E-state index in [1.54, 1.807) is 0 Å². The molecule has 2 aliphatic rings. The van der Waals surface area contributed by atoms with E-state index < -0.39 is 18.3 Å². The van der Waals surface area contributed by atoms with Crippen LogP contribution in [0.2, 0.25) is 0 Å². The highest BCUT2D eigenvalue weighted by Gasteiger charge is 2.64. The van der Waals surface area contributed by atoms with E-state index >= 15 is 0 Å². The number of likely N-dealkylation sites (tertiary alicyclic amines) is 1. The molecule has 3 unspecified atom stereocenters. The van der Waals surface area contributed by atoms with Gasteiger partial charge in [0.2, 0.25) is 0 Å². The highest BCUT2D eigenvalue weighted by Crippen LogP contribution is 2.42. The Bertz CT molecular complexity index is 341. The summed E-state index contributed by atoms with van der Waals surface area (Å²) in [7, 11) is 0. The molecular weight excluding hydrogens is 294 g/mol. The van der Waals surface area contributed by atoms with E-state index in [0.29, 0.717) is 6.61 Å². The molecule has 1 heterocycles. The minimum absolute atomic E-state index is 0.0457. The maximum Gasteiger partial charge on any atom is 0.110 e. The van der Waals surface area contributed by atoms with E-state index in [1.807, 2.05) is 0 Å². The van der Waals surface area contributed by atoms with Gasteiger partial charge in [-0.3, -0.25) is 4.90 Å². The predicted molar refractivity (Wildman–Crippen MR) is 90.3 cm³/mol. The topological polar surface area (TPSA) is 72.9 Å². The fourth-order valence-electron chi connectivity index (χ4n) is 3.86. The number of nitrogens with zero attached hydrogens (tertiary/aromatic N) is 1. The average Bonchev–Trinajstić information content (AvgIpc) is 3.26. The number of aliphatic hydroxyl groups is 3. The van der Waals surface area contributed by atoms with E-state index in [2.05, 4.69) is 18.7 Å². The molecule has 0 bridgehead atoms. The average molecular weight is 329 g/mol. The van der Waals surface area contributed by atoms with Crippen LogP contribution in [-0.2, 0) is 4.74 Å². The first-order valence-corrected chi connectivity index (χ1v) is 9.55. The van der Waals surface area contributed by atoms with Crippen LogP contribution in [0.5, 0.6) is 0 Å². The van der Waals surface area contributed by atoms with E-state index in [-0.39, 0.29) is 18.2 Å². The van der Waals surface area contributed by atoms with E-state index in [4.69, 9.17) is 4.74 Å². The Balaban J connectivity index is 1.82. The quantitative estimate of drug-likeness (QED) is 0.397. The van der Waals surface area contributed by atoms with Crippen molar-refractivity contribution in [1.82, 2.24) is 4.90 Å². The maximum absolute atomic E-state index is 10.3. The third-order valence-corrected chi connectivity index (χ3v) is 5.33.